The highest BCUT2D eigenvalue weighted by molar-refractivity contribution is 6.32. The molecule has 76 valence electrons. The third-order valence-electron chi connectivity index (χ3n) is 2.45. The minimum atomic E-state index is 0.659. The molecule has 0 aliphatic rings. The maximum atomic E-state index is 10.8. The van der Waals surface area contributed by atoms with Crippen LogP contribution in [0.15, 0.2) is 24.4 Å². The Morgan fingerprint density at radius 2 is 2.27 bits per heavy atom. The Kier molecular flexibility index (Phi) is 2.69. The number of aldehydes is 1. The number of rotatable bonds is 2. The number of hydrogen-bond acceptors (Lipinski definition) is 2. The molecule has 15 heavy (non-hydrogen) atoms. The second-order valence-electron chi connectivity index (χ2n) is 3.33. The fraction of sp³-hybridized carbons (Fsp3) is 0.167. The Bertz CT molecular complexity index is 522. The van der Waals surface area contributed by atoms with Crippen molar-refractivity contribution in [2.24, 2.45) is 0 Å². The first-order chi connectivity index (χ1) is 7.26. The SMILES string of the molecule is CCc1cc2c(C=O)ccnc2cc1Cl. The Morgan fingerprint density at radius 1 is 1.47 bits per heavy atom. The van der Waals surface area contributed by atoms with Gasteiger partial charge in [0.1, 0.15) is 0 Å². The van der Waals surface area contributed by atoms with Crippen LogP contribution in [0, 0.1) is 0 Å². The van der Waals surface area contributed by atoms with Crippen LogP contribution in [0.5, 0.6) is 0 Å². The van der Waals surface area contributed by atoms with Crippen molar-refractivity contribution in [3.8, 4) is 0 Å². The van der Waals surface area contributed by atoms with Crippen LogP contribution in [-0.4, -0.2) is 11.3 Å². The van der Waals surface area contributed by atoms with Gasteiger partial charge in [0.2, 0.25) is 0 Å². The molecular formula is C12H10ClNO. The first-order valence-electron chi connectivity index (χ1n) is 4.78. The van der Waals surface area contributed by atoms with Crippen molar-refractivity contribution in [2.75, 3.05) is 0 Å². The number of aryl methyl sites for hydroxylation is 1. The average molecular weight is 220 g/mol. The van der Waals surface area contributed by atoms with E-state index in [2.05, 4.69) is 4.98 Å². The molecule has 0 saturated heterocycles. The highest BCUT2D eigenvalue weighted by atomic mass is 35.5. The van der Waals surface area contributed by atoms with Gasteiger partial charge in [-0.05, 0) is 30.2 Å². The molecule has 2 nitrogen and oxygen atoms in total. The lowest BCUT2D eigenvalue weighted by molar-refractivity contribution is 0.112. The van der Waals surface area contributed by atoms with E-state index in [9.17, 15) is 4.79 Å². The smallest absolute Gasteiger partial charge is 0.150 e. The second kappa shape index (κ2) is 3.99. The van der Waals surface area contributed by atoms with Gasteiger partial charge in [-0.2, -0.15) is 0 Å². The van der Waals surface area contributed by atoms with Crippen molar-refractivity contribution >= 4 is 28.8 Å². The van der Waals surface area contributed by atoms with E-state index in [1.807, 2.05) is 19.1 Å². The number of carbonyl (C=O) groups is 1. The summed E-state index contributed by atoms with van der Waals surface area (Å²) in [7, 11) is 0. The van der Waals surface area contributed by atoms with Crippen LogP contribution in [0.4, 0.5) is 0 Å². The van der Waals surface area contributed by atoms with E-state index < -0.39 is 0 Å². The lowest BCUT2D eigenvalue weighted by atomic mass is 10.1. The average Bonchev–Trinajstić information content (AvgIpc) is 2.27. The van der Waals surface area contributed by atoms with E-state index >= 15 is 0 Å². The molecule has 0 amide bonds. The molecular weight excluding hydrogens is 210 g/mol. The van der Waals surface area contributed by atoms with Gasteiger partial charge >= 0.3 is 0 Å². The molecule has 1 heterocycles. The predicted octanol–water partition coefficient (Wildman–Crippen LogP) is 3.26. The van der Waals surface area contributed by atoms with Crippen molar-refractivity contribution in [2.45, 2.75) is 13.3 Å². The lowest BCUT2D eigenvalue weighted by Crippen LogP contribution is -1.90. The predicted molar refractivity (Wildman–Crippen MR) is 61.5 cm³/mol. The number of aromatic nitrogens is 1. The zero-order valence-electron chi connectivity index (χ0n) is 8.33. The van der Waals surface area contributed by atoms with Crippen LogP contribution in [-0.2, 0) is 6.42 Å². The fourth-order valence-electron chi connectivity index (χ4n) is 1.61. The summed E-state index contributed by atoms with van der Waals surface area (Å²) >= 11 is 6.07. The van der Waals surface area contributed by atoms with Crippen molar-refractivity contribution in [3.63, 3.8) is 0 Å². The third-order valence-corrected chi connectivity index (χ3v) is 2.80. The molecule has 0 atom stereocenters. The summed E-state index contributed by atoms with van der Waals surface area (Å²) in [6, 6.07) is 5.46. The normalized spacial score (nSPS) is 10.5. The van der Waals surface area contributed by atoms with Crippen molar-refractivity contribution in [3.05, 3.63) is 40.5 Å². The molecule has 0 aliphatic carbocycles. The Labute approximate surface area is 92.9 Å². The van der Waals surface area contributed by atoms with E-state index in [0.29, 0.717) is 10.6 Å². The standard InChI is InChI=1S/C12H10ClNO/c1-2-8-5-10-9(7-15)3-4-14-12(10)6-11(8)13/h3-7H,2H2,1H3. The molecule has 0 N–H and O–H groups in total. The molecule has 0 saturated carbocycles. The molecule has 2 rings (SSSR count). The van der Waals surface area contributed by atoms with Crippen molar-refractivity contribution in [1.29, 1.82) is 0 Å². The van der Waals surface area contributed by atoms with Crippen LogP contribution in [0.25, 0.3) is 10.9 Å². The van der Waals surface area contributed by atoms with Gasteiger partial charge in [0.05, 0.1) is 5.52 Å². The molecule has 0 unspecified atom stereocenters. The number of fused-ring (bicyclic) bond motifs is 1. The Morgan fingerprint density at radius 3 is 2.93 bits per heavy atom. The molecule has 1 aromatic carbocycles. The monoisotopic (exact) mass is 219 g/mol. The summed E-state index contributed by atoms with van der Waals surface area (Å²) in [5.74, 6) is 0. The summed E-state index contributed by atoms with van der Waals surface area (Å²) < 4.78 is 0. The maximum Gasteiger partial charge on any atom is 0.150 e. The number of benzene rings is 1. The van der Waals surface area contributed by atoms with Crippen LogP contribution >= 0.6 is 11.6 Å². The number of carbonyl (C=O) groups excluding carboxylic acids is 1. The molecule has 0 aliphatic heterocycles. The highest BCUT2D eigenvalue weighted by Gasteiger charge is 2.05. The van der Waals surface area contributed by atoms with Gasteiger partial charge < -0.3 is 0 Å². The van der Waals surface area contributed by atoms with E-state index in [1.54, 1.807) is 12.3 Å². The van der Waals surface area contributed by atoms with Crippen LogP contribution in [0.1, 0.15) is 22.8 Å². The molecule has 1 aromatic heterocycles. The minimum absolute atomic E-state index is 0.659. The molecule has 3 heteroatoms. The highest BCUT2D eigenvalue weighted by Crippen LogP contribution is 2.24. The molecule has 0 bridgehead atoms. The quantitative estimate of drug-likeness (QED) is 0.726. The largest absolute Gasteiger partial charge is 0.298 e. The summed E-state index contributed by atoms with van der Waals surface area (Å²) in [5, 5.41) is 1.58. The third kappa shape index (κ3) is 1.73. The van der Waals surface area contributed by atoms with Gasteiger partial charge in [-0.3, -0.25) is 9.78 Å². The van der Waals surface area contributed by atoms with Crippen LogP contribution < -0.4 is 0 Å². The van der Waals surface area contributed by atoms with Gasteiger partial charge in [0.25, 0.3) is 0 Å². The summed E-state index contributed by atoms with van der Waals surface area (Å²) in [6.07, 6.45) is 3.31. The maximum absolute atomic E-state index is 10.8. The topological polar surface area (TPSA) is 30.0 Å². The van der Waals surface area contributed by atoms with Crippen molar-refractivity contribution < 1.29 is 4.79 Å². The first kappa shape index (κ1) is 10.1. The number of halogens is 1. The Balaban J connectivity index is 2.81. The fourth-order valence-corrected chi connectivity index (χ4v) is 1.90. The molecule has 0 radical (unpaired) electrons. The zero-order valence-corrected chi connectivity index (χ0v) is 9.08. The molecule has 0 spiro atoms. The first-order valence-corrected chi connectivity index (χ1v) is 5.16. The summed E-state index contributed by atoms with van der Waals surface area (Å²) in [5.41, 5.74) is 2.47. The van der Waals surface area contributed by atoms with Gasteiger partial charge in [-0.1, -0.05) is 18.5 Å². The van der Waals surface area contributed by atoms with Crippen LogP contribution in [0.3, 0.4) is 0 Å². The van der Waals surface area contributed by atoms with Crippen LogP contribution in [0.2, 0.25) is 5.02 Å². The zero-order chi connectivity index (χ0) is 10.8. The van der Waals surface area contributed by atoms with E-state index in [0.717, 1.165) is 29.2 Å². The molecule has 2 aromatic rings. The van der Waals surface area contributed by atoms with E-state index in [1.165, 1.54) is 0 Å². The minimum Gasteiger partial charge on any atom is -0.298 e. The summed E-state index contributed by atoms with van der Waals surface area (Å²) in [6.45, 7) is 2.03. The van der Waals surface area contributed by atoms with Gasteiger partial charge in [-0.25, -0.2) is 0 Å². The second-order valence-corrected chi connectivity index (χ2v) is 3.74. The van der Waals surface area contributed by atoms with E-state index in [-0.39, 0.29) is 0 Å². The lowest BCUT2D eigenvalue weighted by Gasteiger charge is -2.05. The van der Waals surface area contributed by atoms with Gasteiger partial charge in [0, 0.05) is 22.2 Å². The summed E-state index contributed by atoms with van der Waals surface area (Å²) in [4.78, 5) is 15.0. The van der Waals surface area contributed by atoms with Crippen molar-refractivity contribution in [1.82, 2.24) is 4.98 Å². The Hall–Kier alpha value is -1.41. The number of nitrogens with zero attached hydrogens (tertiary/aromatic N) is 1. The molecule has 0 fully saturated rings. The number of hydrogen-bond donors (Lipinski definition) is 0. The van der Waals surface area contributed by atoms with Gasteiger partial charge in [0.15, 0.2) is 6.29 Å². The van der Waals surface area contributed by atoms with Gasteiger partial charge in [-0.15, -0.1) is 0 Å². The number of pyridine rings is 1. The van der Waals surface area contributed by atoms with E-state index in [4.69, 9.17) is 11.6 Å².